The minimum Gasteiger partial charge on any atom is -0.472 e. The van der Waals surface area contributed by atoms with Crippen LogP contribution >= 0.6 is 0 Å². The fourth-order valence-electron chi connectivity index (χ4n) is 2.59. The van der Waals surface area contributed by atoms with E-state index in [0.29, 0.717) is 6.04 Å². The zero-order valence-corrected chi connectivity index (χ0v) is 12.1. The van der Waals surface area contributed by atoms with E-state index < -0.39 is 0 Å². The van der Waals surface area contributed by atoms with Crippen LogP contribution in [0.4, 0.5) is 0 Å². The van der Waals surface area contributed by atoms with Crippen molar-refractivity contribution in [2.24, 2.45) is 0 Å². The van der Waals surface area contributed by atoms with Gasteiger partial charge in [0.15, 0.2) is 0 Å². The van der Waals surface area contributed by atoms with Gasteiger partial charge < -0.3 is 14.5 Å². The summed E-state index contributed by atoms with van der Waals surface area (Å²) in [5, 5.41) is 3.63. The topological polar surface area (TPSA) is 37.6 Å². The summed E-state index contributed by atoms with van der Waals surface area (Å²) in [5.74, 6) is 0. The normalized spacial score (nSPS) is 22.5. The summed E-state index contributed by atoms with van der Waals surface area (Å²) in [6, 6.07) is 2.41. The highest BCUT2D eigenvalue weighted by Gasteiger charge is 2.27. The number of nitrogens with zero attached hydrogens (tertiary/aromatic N) is 1. The average molecular weight is 266 g/mol. The maximum Gasteiger partial charge on any atom is 0.0935 e. The number of morpholine rings is 1. The molecule has 2 rings (SSSR count). The molecule has 2 unspecified atom stereocenters. The summed E-state index contributed by atoms with van der Waals surface area (Å²) in [6.07, 6.45) is 5.97. The Hall–Kier alpha value is -0.840. The minimum atomic E-state index is 0.273. The van der Waals surface area contributed by atoms with Crippen molar-refractivity contribution in [1.29, 1.82) is 0 Å². The van der Waals surface area contributed by atoms with Gasteiger partial charge in [-0.1, -0.05) is 13.8 Å². The van der Waals surface area contributed by atoms with E-state index in [1.54, 1.807) is 6.26 Å². The SMILES string of the molecule is CCCNC(Cc1ccoc1)C1CN(CC)CCO1. The van der Waals surface area contributed by atoms with Crippen LogP contribution in [0.1, 0.15) is 25.8 Å². The number of furan rings is 1. The van der Waals surface area contributed by atoms with Crippen molar-refractivity contribution >= 4 is 0 Å². The Morgan fingerprint density at radius 2 is 2.37 bits per heavy atom. The molecule has 0 saturated carbocycles. The van der Waals surface area contributed by atoms with Gasteiger partial charge in [-0.3, -0.25) is 4.90 Å². The molecule has 1 saturated heterocycles. The molecule has 108 valence electrons. The van der Waals surface area contributed by atoms with Crippen LogP contribution < -0.4 is 5.32 Å². The molecule has 2 atom stereocenters. The van der Waals surface area contributed by atoms with Gasteiger partial charge in [0, 0.05) is 19.1 Å². The number of ether oxygens (including phenoxy) is 1. The van der Waals surface area contributed by atoms with Crippen LogP contribution in [0, 0.1) is 0 Å². The Morgan fingerprint density at radius 3 is 3.05 bits per heavy atom. The molecule has 1 aromatic heterocycles. The molecule has 19 heavy (non-hydrogen) atoms. The van der Waals surface area contributed by atoms with E-state index in [-0.39, 0.29) is 6.10 Å². The quantitative estimate of drug-likeness (QED) is 0.818. The van der Waals surface area contributed by atoms with E-state index in [1.165, 1.54) is 5.56 Å². The Bertz CT molecular complexity index is 340. The molecule has 0 bridgehead atoms. The molecular weight excluding hydrogens is 240 g/mol. The zero-order valence-electron chi connectivity index (χ0n) is 12.1. The summed E-state index contributed by atoms with van der Waals surface area (Å²) < 4.78 is 11.2. The van der Waals surface area contributed by atoms with Crippen LogP contribution in [0.15, 0.2) is 23.0 Å². The monoisotopic (exact) mass is 266 g/mol. The van der Waals surface area contributed by atoms with Gasteiger partial charge in [-0.25, -0.2) is 0 Å². The molecule has 1 aromatic rings. The minimum absolute atomic E-state index is 0.273. The molecule has 2 heterocycles. The first-order chi connectivity index (χ1) is 9.33. The molecule has 1 aliphatic rings. The number of likely N-dealkylation sites (N-methyl/N-ethyl adjacent to an activating group) is 1. The standard InChI is InChI=1S/C15H26N2O2/c1-3-6-16-14(10-13-5-8-18-12-13)15-11-17(4-2)7-9-19-15/h5,8,12,14-16H,3-4,6-7,9-11H2,1-2H3. The highest BCUT2D eigenvalue weighted by atomic mass is 16.5. The highest BCUT2D eigenvalue weighted by molar-refractivity contribution is 5.08. The first kappa shape index (κ1) is 14.6. The third-order valence-corrected chi connectivity index (χ3v) is 3.77. The zero-order chi connectivity index (χ0) is 13.5. The van der Waals surface area contributed by atoms with Gasteiger partial charge >= 0.3 is 0 Å². The second-order valence-corrected chi connectivity index (χ2v) is 5.20. The summed E-state index contributed by atoms with van der Waals surface area (Å²) in [7, 11) is 0. The molecule has 4 nitrogen and oxygen atoms in total. The number of rotatable bonds is 7. The van der Waals surface area contributed by atoms with Crippen molar-refractivity contribution in [1.82, 2.24) is 10.2 Å². The van der Waals surface area contributed by atoms with Crippen molar-refractivity contribution in [2.45, 2.75) is 38.8 Å². The van der Waals surface area contributed by atoms with Crippen molar-refractivity contribution in [2.75, 3.05) is 32.8 Å². The lowest BCUT2D eigenvalue weighted by Crippen LogP contribution is -2.53. The second kappa shape index (κ2) is 7.68. The molecule has 0 radical (unpaired) electrons. The molecule has 0 amide bonds. The van der Waals surface area contributed by atoms with Gasteiger partial charge in [-0.05, 0) is 37.6 Å². The lowest BCUT2D eigenvalue weighted by molar-refractivity contribution is -0.0447. The number of nitrogens with one attached hydrogen (secondary N) is 1. The Morgan fingerprint density at radius 1 is 1.47 bits per heavy atom. The summed E-state index contributed by atoms with van der Waals surface area (Å²) >= 11 is 0. The van der Waals surface area contributed by atoms with Crippen molar-refractivity contribution in [3.63, 3.8) is 0 Å². The smallest absolute Gasteiger partial charge is 0.0935 e. The first-order valence-electron chi connectivity index (χ1n) is 7.41. The van der Waals surface area contributed by atoms with E-state index in [9.17, 15) is 0 Å². The van der Waals surface area contributed by atoms with E-state index in [0.717, 1.165) is 45.6 Å². The average Bonchev–Trinajstić information content (AvgIpc) is 2.96. The van der Waals surface area contributed by atoms with Gasteiger partial charge in [-0.15, -0.1) is 0 Å². The molecule has 1 fully saturated rings. The van der Waals surface area contributed by atoms with Gasteiger partial charge in [0.2, 0.25) is 0 Å². The summed E-state index contributed by atoms with van der Waals surface area (Å²) in [6.45, 7) is 9.47. The van der Waals surface area contributed by atoms with Crippen LogP contribution in [-0.4, -0.2) is 49.8 Å². The molecule has 4 heteroatoms. The van der Waals surface area contributed by atoms with Crippen molar-refractivity contribution in [3.8, 4) is 0 Å². The fourth-order valence-corrected chi connectivity index (χ4v) is 2.59. The summed E-state index contributed by atoms with van der Waals surface area (Å²) in [4.78, 5) is 2.46. The Labute approximate surface area is 116 Å². The second-order valence-electron chi connectivity index (χ2n) is 5.20. The molecular formula is C15H26N2O2. The van der Waals surface area contributed by atoms with Crippen molar-refractivity contribution in [3.05, 3.63) is 24.2 Å². The number of hydrogen-bond acceptors (Lipinski definition) is 4. The predicted octanol–water partition coefficient (Wildman–Crippen LogP) is 1.91. The number of hydrogen-bond donors (Lipinski definition) is 1. The van der Waals surface area contributed by atoms with E-state index in [2.05, 4.69) is 24.1 Å². The molecule has 1 aliphatic heterocycles. The van der Waals surface area contributed by atoms with E-state index >= 15 is 0 Å². The Balaban J connectivity index is 1.95. The Kier molecular flexibility index (Phi) is 5.89. The van der Waals surface area contributed by atoms with Gasteiger partial charge in [-0.2, -0.15) is 0 Å². The van der Waals surface area contributed by atoms with Crippen LogP contribution in [0.5, 0.6) is 0 Å². The van der Waals surface area contributed by atoms with Gasteiger partial charge in [0.25, 0.3) is 0 Å². The lowest BCUT2D eigenvalue weighted by Gasteiger charge is -2.37. The van der Waals surface area contributed by atoms with Gasteiger partial charge in [0.05, 0.1) is 25.2 Å². The van der Waals surface area contributed by atoms with Crippen molar-refractivity contribution < 1.29 is 9.15 Å². The fraction of sp³-hybridized carbons (Fsp3) is 0.733. The molecule has 0 aliphatic carbocycles. The molecule has 1 N–H and O–H groups in total. The first-order valence-corrected chi connectivity index (χ1v) is 7.41. The maximum atomic E-state index is 5.98. The molecule has 0 aromatic carbocycles. The van der Waals surface area contributed by atoms with E-state index in [1.807, 2.05) is 12.3 Å². The largest absolute Gasteiger partial charge is 0.472 e. The summed E-state index contributed by atoms with van der Waals surface area (Å²) in [5.41, 5.74) is 1.24. The van der Waals surface area contributed by atoms with Crippen LogP contribution in [0.2, 0.25) is 0 Å². The van der Waals surface area contributed by atoms with E-state index in [4.69, 9.17) is 9.15 Å². The molecule has 0 spiro atoms. The predicted molar refractivity (Wildman–Crippen MR) is 76.3 cm³/mol. The third-order valence-electron chi connectivity index (χ3n) is 3.77. The van der Waals surface area contributed by atoms with Gasteiger partial charge in [0.1, 0.15) is 0 Å². The lowest BCUT2D eigenvalue weighted by atomic mass is 10.0. The third kappa shape index (κ3) is 4.34. The highest BCUT2D eigenvalue weighted by Crippen LogP contribution is 2.14. The maximum absolute atomic E-state index is 5.98. The van der Waals surface area contributed by atoms with Crippen LogP contribution in [0.25, 0.3) is 0 Å². The van der Waals surface area contributed by atoms with Crippen LogP contribution in [0.3, 0.4) is 0 Å². The van der Waals surface area contributed by atoms with Crippen LogP contribution in [-0.2, 0) is 11.2 Å².